The highest BCUT2D eigenvalue weighted by atomic mass is 19.1. The fraction of sp³-hybridized carbons (Fsp3) is 0.417. The van der Waals surface area contributed by atoms with E-state index in [0.717, 1.165) is 18.2 Å². The second-order valence-corrected chi connectivity index (χ2v) is 3.94. The van der Waals surface area contributed by atoms with Crippen molar-refractivity contribution in [3.63, 3.8) is 0 Å². The molecule has 0 heterocycles. The molecule has 7 heteroatoms. The molecule has 0 saturated carbocycles. The summed E-state index contributed by atoms with van der Waals surface area (Å²) in [5, 5.41) is 19.4. The van der Waals surface area contributed by atoms with Crippen LogP contribution in [0.1, 0.15) is 23.7 Å². The number of amides is 1. The number of nitrogens with zero attached hydrogens (tertiary/aromatic N) is 2. The molecule has 1 rings (SSSR count). The lowest BCUT2D eigenvalue weighted by atomic mass is 10.1. The summed E-state index contributed by atoms with van der Waals surface area (Å²) in [6.45, 7) is 2.11. The van der Waals surface area contributed by atoms with Crippen molar-refractivity contribution in [1.29, 1.82) is 0 Å². The van der Waals surface area contributed by atoms with Gasteiger partial charge in [0.05, 0.1) is 23.2 Å². The number of hydrogen-bond acceptors (Lipinski definition) is 4. The van der Waals surface area contributed by atoms with Crippen LogP contribution >= 0.6 is 0 Å². The maximum Gasteiger partial charge on any atom is 0.272 e. The van der Waals surface area contributed by atoms with E-state index < -0.39 is 22.3 Å². The van der Waals surface area contributed by atoms with Gasteiger partial charge >= 0.3 is 0 Å². The average Bonchev–Trinajstić information content (AvgIpc) is 2.37. The Bertz CT molecular complexity index is 473. The first-order valence-corrected chi connectivity index (χ1v) is 5.85. The van der Waals surface area contributed by atoms with Crippen molar-refractivity contribution >= 4 is 11.6 Å². The van der Waals surface area contributed by atoms with Gasteiger partial charge < -0.3 is 10.0 Å². The maximum absolute atomic E-state index is 13.7. The highest BCUT2D eigenvalue weighted by molar-refractivity contribution is 5.94. The number of rotatable bonds is 6. The van der Waals surface area contributed by atoms with E-state index >= 15 is 0 Å². The van der Waals surface area contributed by atoms with Crippen LogP contribution in [-0.2, 0) is 0 Å². The molecule has 0 aliphatic heterocycles. The van der Waals surface area contributed by atoms with Crippen LogP contribution in [0.3, 0.4) is 0 Å². The van der Waals surface area contributed by atoms with Crippen molar-refractivity contribution in [3.05, 3.63) is 39.7 Å². The fourth-order valence-corrected chi connectivity index (χ4v) is 1.67. The number of carbonyl (C=O) groups excluding carboxylic acids is 1. The third-order valence-electron chi connectivity index (χ3n) is 2.54. The Morgan fingerprint density at radius 3 is 2.63 bits per heavy atom. The molecule has 0 aliphatic carbocycles. The minimum absolute atomic E-state index is 0.100. The van der Waals surface area contributed by atoms with Crippen LogP contribution in [0.25, 0.3) is 0 Å². The Hall–Kier alpha value is -2.02. The molecule has 19 heavy (non-hydrogen) atoms. The Labute approximate surface area is 109 Å². The molecule has 0 unspecified atom stereocenters. The minimum Gasteiger partial charge on any atom is -0.395 e. The van der Waals surface area contributed by atoms with Gasteiger partial charge in [0.15, 0.2) is 0 Å². The van der Waals surface area contributed by atoms with E-state index in [-0.39, 0.29) is 18.7 Å². The number of carbonyl (C=O) groups is 1. The van der Waals surface area contributed by atoms with E-state index in [4.69, 9.17) is 5.11 Å². The third-order valence-corrected chi connectivity index (χ3v) is 2.54. The van der Waals surface area contributed by atoms with Gasteiger partial charge in [0.25, 0.3) is 11.6 Å². The quantitative estimate of drug-likeness (QED) is 0.628. The van der Waals surface area contributed by atoms with Gasteiger partial charge in [0.2, 0.25) is 0 Å². The summed E-state index contributed by atoms with van der Waals surface area (Å²) < 4.78 is 13.7. The van der Waals surface area contributed by atoms with Crippen LogP contribution in [0.15, 0.2) is 18.2 Å². The molecule has 0 aromatic heterocycles. The van der Waals surface area contributed by atoms with Crippen molar-refractivity contribution in [2.45, 2.75) is 13.3 Å². The Balaban J connectivity index is 3.01. The molecule has 6 nitrogen and oxygen atoms in total. The standard InChI is InChI=1S/C12H15FN2O4/c1-2-5-14(6-7-16)12(17)10-4-3-9(15(18)19)8-11(10)13/h3-4,8,16H,2,5-7H2,1H3. The molecule has 0 radical (unpaired) electrons. The van der Waals surface area contributed by atoms with Crippen LogP contribution in [-0.4, -0.2) is 40.5 Å². The van der Waals surface area contributed by atoms with Gasteiger partial charge in [-0.2, -0.15) is 0 Å². The third kappa shape index (κ3) is 3.72. The zero-order chi connectivity index (χ0) is 14.4. The van der Waals surface area contributed by atoms with Gasteiger partial charge in [-0.3, -0.25) is 14.9 Å². The van der Waals surface area contributed by atoms with Crippen molar-refractivity contribution in [2.75, 3.05) is 19.7 Å². The normalized spacial score (nSPS) is 10.3. The molecule has 0 bridgehead atoms. The van der Waals surface area contributed by atoms with E-state index in [9.17, 15) is 19.3 Å². The molecule has 1 aromatic rings. The van der Waals surface area contributed by atoms with Gasteiger partial charge in [0, 0.05) is 19.2 Å². The lowest BCUT2D eigenvalue weighted by Gasteiger charge is -2.21. The van der Waals surface area contributed by atoms with E-state index in [1.807, 2.05) is 6.92 Å². The van der Waals surface area contributed by atoms with Gasteiger partial charge in [-0.05, 0) is 12.5 Å². The molecule has 0 spiro atoms. The Morgan fingerprint density at radius 1 is 1.47 bits per heavy atom. The molecule has 0 atom stereocenters. The summed E-state index contributed by atoms with van der Waals surface area (Å²) in [4.78, 5) is 23.1. The predicted octanol–water partition coefficient (Wildman–Crippen LogP) is 1.58. The highest BCUT2D eigenvalue weighted by Gasteiger charge is 2.20. The van der Waals surface area contributed by atoms with Crippen molar-refractivity contribution in [3.8, 4) is 0 Å². The van der Waals surface area contributed by atoms with E-state index in [1.165, 1.54) is 4.90 Å². The zero-order valence-corrected chi connectivity index (χ0v) is 10.5. The Morgan fingerprint density at radius 2 is 2.16 bits per heavy atom. The molecule has 0 saturated heterocycles. The molecule has 1 N–H and O–H groups in total. The number of aliphatic hydroxyl groups excluding tert-OH is 1. The summed E-state index contributed by atoms with van der Waals surface area (Å²) >= 11 is 0. The number of aliphatic hydroxyl groups is 1. The average molecular weight is 270 g/mol. The fourth-order valence-electron chi connectivity index (χ4n) is 1.67. The van der Waals surface area contributed by atoms with Crippen molar-refractivity contribution < 1.29 is 19.2 Å². The summed E-state index contributed by atoms with van der Waals surface area (Å²) in [5.74, 6) is -1.51. The molecule has 1 aromatic carbocycles. The SMILES string of the molecule is CCCN(CCO)C(=O)c1ccc([N+](=O)[O-])cc1F. The van der Waals surface area contributed by atoms with Crippen LogP contribution in [0, 0.1) is 15.9 Å². The number of non-ortho nitro benzene ring substituents is 1. The van der Waals surface area contributed by atoms with E-state index in [2.05, 4.69) is 0 Å². The van der Waals surface area contributed by atoms with Gasteiger partial charge in [-0.15, -0.1) is 0 Å². The number of halogens is 1. The van der Waals surface area contributed by atoms with Crippen LogP contribution in [0.5, 0.6) is 0 Å². The molecular formula is C12H15FN2O4. The summed E-state index contributed by atoms with van der Waals surface area (Å²) in [5.41, 5.74) is -0.634. The van der Waals surface area contributed by atoms with Crippen molar-refractivity contribution in [1.82, 2.24) is 4.90 Å². The first kappa shape index (κ1) is 15.0. The van der Waals surface area contributed by atoms with E-state index in [0.29, 0.717) is 13.0 Å². The molecule has 0 aliphatic rings. The van der Waals surface area contributed by atoms with Crippen LogP contribution < -0.4 is 0 Å². The first-order valence-electron chi connectivity index (χ1n) is 5.85. The van der Waals surface area contributed by atoms with Crippen molar-refractivity contribution in [2.24, 2.45) is 0 Å². The van der Waals surface area contributed by atoms with Gasteiger partial charge in [-0.1, -0.05) is 6.92 Å². The topological polar surface area (TPSA) is 83.7 Å². The maximum atomic E-state index is 13.7. The number of hydrogen-bond donors (Lipinski definition) is 1. The summed E-state index contributed by atoms with van der Waals surface area (Å²) in [7, 11) is 0. The van der Waals surface area contributed by atoms with Gasteiger partial charge in [0.1, 0.15) is 5.82 Å². The lowest BCUT2D eigenvalue weighted by molar-refractivity contribution is -0.385. The molecule has 0 fully saturated rings. The largest absolute Gasteiger partial charge is 0.395 e. The zero-order valence-electron chi connectivity index (χ0n) is 10.5. The summed E-state index contributed by atoms with van der Waals surface area (Å²) in [6, 6.07) is 2.89. The summed E-state index contributed by atoms with van der Waals surface area (Å²) in [6.07, 6.45) is 0.667. The Kier molecular flexibility index (Phi) is 5.37. The predicted molar refractivity (Wildman–Crippen MR) is 66.3 cm³/mol. The highest BCUT2D eigenvalue weighted by Crippen LogP contribution is 2.18. The smallest absolute Gasteiger partial charge is 0.272 e. The van der Waals surface area contributed by atoms with Gasteiger partial charge in [-0.25, -0.2) is 4.39 Å². The lowest BCUT2D eigenvalue weighted by Crippen LogP contribution is -2.34. The van der Waals surface area contributed by atoms with Crippen LogP contribution in [0.2, 0.25) is 0 Å². The number of nitro groups is 1. The number of benzene rings is 1. The molecular weight excluding hydrogens is 255 g/mol. The first-order chi connectivity index (χ1) is 9.01. The van der Waals surface area contributed by atoms with Crippen LogP contribution in [0.4, 0.5) is 10.1 Å². The number of nitro benzene ring substituents is 1. The molecule has 1 amide bonds. The van der Waals surface area contributed by atoms with E-state index in [1.54, 1.807) is 0 Å². The molecule has 104 valence electrons. The second kappa shape index (κ2) is 6.79. The monoisotopic (exact) mass is 270 g/mol. The minimum atomic E-state index is -0.932. The second-order valence-electron chi connectivity index (χ2n) is 3.94.